The number of nitrogens with two attached hydrogens (primary N) is 1. The third-order valence-corrected chi connectivity index (χ3v) is 7.05. The first-order valence-corrected chi connectivity index (χ1v) is 11.3. The molecule has 2 heterocycles. The zero-order valence-electron chi connectivity index (χ0n) is 17.8. The highest BCUT2D eigenvalue weighted by Gasteiger charge is 2.38. The van der Waals surface area contributed by atoms with Crippen LogP contribution in [0.3, 0.4) is 0 Å². The lowest BCUT2D eigenvalue weighted by Crippen LogP contribution is -2.38. The summed E-state index contributed by atoms with van der Waals surface area (Å²) in [4.78, 5) is 12.7. The van der Waals surface area contributed by atoms with E-state index in [9.17, 15) is 23.4 Å². The van der Waals surface area contributed by atoms with Gasteiger partial charge in [0.1, 0.15) is 22.5 Å². The Kier molecular flexibility index (Phi) is 6.41. The van der Waals surface area contributed by atoms with Crippen molar-refractivity contribution in [1.29, 1.82) is 0 Å². The molecule has 2 aromatic heterocycles. The van der Waals surface area contributed by atoms with Gasteiger partial charge in [0, 0.05) is 18.1 Å². The Morgan fingerprint density at radius 2 is 1.94 bits per heavy atom. The van der Waals surface area contributed by atoms with Gasteiger partial charge in [0.25, 0.3) is 0 Å². The Bertz CT molecular complexity index is 1130. The van der Waals surface area contributed by atoms with E-state index in [2.05, 4.69) is 20.3 Å². The van der Waals surface area contributed by atoms with E-state index in [-0.39, 0.29) is 11.9 Å². The van der Waals surface area contributed by atoms with Crippen molar-refractivity contribution in [3.8, 4) is 10.4 Å². The summed E-state index contributed by atoms with van der Waals surface area (Å²) in [5, 5.41) is 24.1. The molecule has 1 fully saturated rings. The summed E-state index contributed by atoms with van der Waals surface area (Å²) in [5.74, 6) is -0.187. The van der Waals surface area contributed by atoms with Crippen LogP contribution < -0.4 is 11.1 Å². The number of hydrogen-bond acceptors (Lipinski definition) is 8. The first kappa shape index (κ1) is 23.6. The number of alkyl halides is 3. The maximum Gasteiger partial charge on any atom is 0.433 e. The van der Waals surface area contributed by atoms with Gasteiger partial charge in [0.05, 0.1) is 4.88 Å². The van der Waals surface area contributed by atoms with Gasteiger partial charge in [-0.3, -0.25) is 0 Å². The monoisotopic (exact) mass is 479 g/mol. The first-order chi connectivity index (χ1) is 15.5. The molecular weight excluding hydrogens is 455 g/mol. The fraction of sp³-hybridized carbons (Fsp3) is 0.409. The van der Waals surface area contributed by atoms with Crippen LogP contribution in [0, 0.1) is 12.8 Å². The number of nitrogens with one attached hydrogen (secondary N) is 1. The van der Waals surface area contributed by atoms with E-state index in [1.165, 1.54) is 11.3 Å². The fourth-order valence-corrected chi connectivity index (χ4v) is 5.05. The molecule has 0 radical (unpaired) electrons. The Balaban J connectivity index is 1.55. The van der Waals surface area contributed by atoms with Crippen LogP contribution >= 0.6 is 11.3 Å². The lowest BCUT2D eigenvalue weighted by molar-refractivity contribution is -0.141. The minimum Gasteiger partial charge on any atom is -0.383 e. The molecule has 7 nitrogen and oxygen atoms in total. The number of hydrogen-bond donors (Lipinski definition) is 4. The average molecular weight is 480 g/mol. The van der Waals surface area contributed by atoms with Crippen LogP contribution in [-0.4, -0.2) is 31.4 Å². The van der Waals surface area contributed by atoms with Crippen LogP contribution in [0.15, 0.2) is 36.7 Å². The molecule has 1 unspecified atom stereocenters. The summed E-state index contributed by atoms with van der Waals surface area (Å²) >= 11 is 1.37. The van der Waals surface area contributed by atoms with E-state index in [4.69, 9.17) is 5.73 Å². The molecule has 4 rings (SSSR count). The highest BCUT2D eigenvalue weighted by Crippen LogP contribution is 2.43. The van der Waals surface area contributed by atoms with Crippen molar-refractivity contribution in [2.24, 2.45) is 11.7 Å². The number of benzene rings is 1. The Hall–Kier alpha value is -2.60. The number of rotatable bonds is 5. The van der Waals surface area contributed by atoms with Gasteiger partial charge in [0.15, 0.2) is 0 Å². The normalized spacial score (nSPS) is 22.2. The molecule has 1 aliphatic carbocycles. The number of aliphatic hydroxyl groups is 2. The van der Waals surface area contributed by atoms with Crippen LogP contribution in [0.2, 0.25) is 0 Å². The molecule has 0 aliphatic heterocycles. The summed E-state index contributed by atoms with van der Waals surface area (Å²) in [5.41, 5.74) is 5.72. The van der Waals surface area contributed by atoms with E-state index in [1.807, 2.05) is 13.0 Å². The standard InChI is InChI=1S/C22H24F3N5O2S/c1-12-8-14(10-15(9-12)29-20-27-7-4-17(30-20)22(23,24)25)16-11-28-19(33-16)21(32)5-2-13(3-6-21)18(26)31/h4,7-11,13,18,31-32H,2-3,5-6,26H2,1H3,(H,27,29,30)/t13-,18?,21+. The van der Waals surface area contributed by atoms with Crippen LogP contribution in [-0.2, 0) is 11.8 Å². The molecule has 1 aliphatic rings. The van der Waals surface area contributed by atoms with Crippen LogP contribution in [0.1, 0.15) is 41.9 Å². The second-order valence-corrected chi connectivity index (χ2v) is 9.40. The zero-order valence-corrected chi connectivity index (χ0v) is 18.6. The van der Waals surface area contributed by atoms with E-state index >= 15 is 0 Å². The van der Waals surface area contributed by atoms with Gasteiger partial charge in [-0.05, 0) is 67.9 Å². The topological polar surface area (TPSA) is 117 Å². The van der Waals surface area contributed by atoms with E-state index < -0.39 is 23.7 Å². The second-order valence-electron chi connectivity index (χ2n) is 8.37. The molecule has 3 aromatic rings. The van der Waals surface area contributed by atoms with Gasteiger partial charge in [-0.1, -0.05) is 6.07 Å². The quantitative estimate of drug-likeness (QED) is 0.403. The molecular formula is C22H24F3N5O2S. The smallest absolute Gasteiger partial charge is 0.383 e. The highest BCUT2D eigenvalue weighted by atomic mass is 32.1. The molecule has 0 saturated heterocycles. The van der Waals surface area contributed by atoms with Crippen molar-refractivity contribution in [1.82, 2.24) is 15.0 Å². The fourth-order valence-electron chi connectivity index (χ4n) is 4.00. The molecule has 176 valence electrons. The number of anilines is 2. The SMILES string of the molecule is Cc1cc(Nc2nccc(C(F)(F)F)n2)cc(-c2cnc([C@]3(O)CC[C@@H](C(N)O)CC3)s2)c1. The number of nitrogens with zero attached hydrogens (tertiary/aromatic N) is 3. The number of halogens is 3. The van der Waals surface area contributed by atoms with Crippen molar-refractivity contribution in [3.05, 3.63) is 52.9 Å². The molecule has 1 aromatic carbocycles. The second kappa shape index (κ2) is 8.98. The predicted octanol–water partition coefficient (Wildman–Crippen LogP) is 4.33. The summed E-state index contributed by atoms with van der Waals surface area (Å²) in [6.45, 7) is 1.87. The molecule has 1 atom stereocenters. The number of aliphatic hydroxyl groups excluding tert-OH is 1. The van der Waals surface area contributed by atoms with Gasteiger partial charge >= 0.3 is 6.18 Å². The predicted molar refractivity (Wildman–Crippen MR) is 119 cm³/mol. The molecule has 5 N–H and O–H groups in total. The van der Waals surface area contributed by atoms with E-state index in [1.54, 1.807) is 18.3 Å². The maximum atomic E-state index is 12.9. The van der Waals surface area contributed by atoms with Crippen molar-refractivity contribution < 1.29 is 23.4 Å². The molecule has 1 saturated carbocycles. The van der Waals surface area contributed by atoms with Crippen molar-refractivity contribution >= 4 is 23.0 Å². The molecule has 0 bridgehead atoms. The van der Waals surface area contributed by atoms with Crippen molar-refractivity contribution in [2.75, 3.05) is 5.32 Å². The largest absolute Gasteiger partial charge is 0.433 e. The lowest BCUT2D eigenvalue weighted by Gasteiger charge is -2.35. The highest BCUT2D eigenvalue weighted by molar-refractivity contribution is 7.15. The van der Waals surface area contributed by atoms with Gasteiger partial charge in [-0.25, -0.2) is 15.0 Å². The third-order valence-electron chi connectivity index (χ3n) is 5.81. The average Bonchev–Trinajstić information content (AvgIpc) is 3.25. The minimum absolute atomic E-state index is 0.0341. The van der Waals surface area contributed by atoms with Gasteiger partial charge in [-0.2, -0.15) is 13.2 Å². The number of thiazole rings is 1. The summed E-state index contributed by atoms with van der Waals surface area (Å²) in [6.07, 6.45) is -0.557. The molecule has 11 heteroatoms. The van der Waals surface area contributed by atoms with E-state index in [0.717, 1.165) is 28.3 Å². The van der Waals surface area contributed by atoms with Crippen LogP contribution in [0.5, 0.6) is 0 Å². The van der Waals surface area contributed by atoms with E-state index in [0.29, 0.717) is 36.4 Å². The lowest BCUT2D eigenvalue weighted by atomic mass is 9.78. The third kappa shape index (κ3) is 5.32. The van der Waals surface area contributed by atoms with Gasteiger partial charge < -0.3 is 21.3 Å². The first-order valence-electron chi connectivity index (χ1n) is 10.5. The molecule has 0 spiro atoms. The Morgan fingerprint density at radius 3 is 2.61 bits per heavy atom. The number of aromatic nitrogens is 3. The maximum absolute atomic E-state index is 12.9. The summed E-state index contributed by atoms with van der Waals surface area (Å²) < 4.78 is 38.8. The van der Waals surface area contributed by atoms with Gasteiger partial charge in [0.2, 0.25) is 5.95 Å². The zero-order chi connectivity index (χ0) is 23.8. The minimum atomic E-state index is -4.56. The molecule has 33 heavy (non-hydrogen) atoms. The van der Waals surface area contributed by atoms with Crippen LogP contribution in [0.4, 0.5) is 24.8 Å². The van der Waals surface area contributed by atoms with Crippen molar-refractivity contribution in [3.63, 3.8) is 0 Å². The summed E-state index contributed by atoms with van der Waals surface area (Å²) in [6, 6.07) is 6.31. The summed E-state index contributed by atoms with van der Waals surface area (Å²) in [7, 11) is 0. The Labute approximate surface area is 192 Å². The van der Waals surface area contributed by atoms with Crippen LogP contribution in [0.25, 0.3) is 10.4 Å². The number of aryl methyl sites for hydroxylation is 1. The van der Waals surface area contributed by atoms with Gasteiger partial charge in [-0.15, -0.1) is 11.3 Å². The molecule has 0 amide bonds. The van der Waals surface area contributed by atoms with Crippen molar-refractivity contribution in [2.45, 2.75) is 50.6 Å². The Morgan fingerprint density at radius 1 is 1.21 bits per heavy atom.